The predicted octanol–water partition coefficient (Wildman–Crippen LogP) is 3.25. The molecule has 3 aromatic rings. The molecule has 0 bridgehead atoms. The average Bonchev–Trinajstić information content (AvgIpc) is 2.91. The van der Waals surface area contributed by atoms with Crippen molar-refractivity contribution in [1.29, 1.82) is 5.26 Å². The smallest absolute Gasteiger partial charge is 0.165 e. The fourth-order valence-corrected chi connectivity index (χ4v) is 2.07. The second-order valence-electron chi connectivity index (χ2n) is 4.25. The van der Waals surface area contributed by atoms with Gasteiger partial charge in [0.1, 0.15) is 17.4 Å². The number of fused-ring (bicyclic) bond motifs is 1. The molecule has 0 atom stereocenters. The van der Waals surface area contributed by atoms with Crippen molar-refractivity contribution in [3.63, 3.8) is 0 Å². The maximum atomic E-state index is 13.7. The molecule has 5 heteroatoms. The number of aromatic nitrogens is 2. The van der Waals surface area contributed by atoms with Gasteiger partial charge in [-0.15, -0.1) is 0 Å². The van der Waals surface area contributed by atoms with E-state index >= 15 is 0 Å². The SMILES string of the molecule is COc1ccc(-c2nc3c(C#N)cccc3[nH]2)cc1F. The molecule has 0 aliphatic carbocycles. The minimum Gasteiger partial charge on any atom is -0.494 e. The Morgan fingerprint density at radius 1 is 1.30 bits per heavy atom. The van der Waals surface area contributed by atoms with Gasteiger partial charge in [0.15, 0.2) is 11.6 Å². The lowest BCUT2D eigenvalue weighted by Gasteiger charge is -2.02. The van der Waals surface area contributed by atoms with Gasteiger partial charge in [-0.2, -0.15) is 5.26 Å². The van der Waals surface area contributed by atoms with E-state index in [0.717, 1.165) is 5.52 Å². The molecule has 0 aliphatic heterocycles. The third-order valence-electron chi connectivity index (χ3n) is 3.06. The lowest BCUT2D eigenvalue weighted by atomic mass is 10.2. The number of nitrogens with one attached hydrogen (secondary N) is 1. The summed E-state index contributed by atoms with van der Waals surface area (Å²) >= 11 is 0. The van der Waals surface area contributed by atoms with E-state index in [0.29, 0.717) is 22.5 Å². The summed E-state index contributed by atoms with van der Waals surface area (Å²) in [7, 11) is 1.42. The number of hydrogen-bond acceptors (Lipinski definition) is 3. The minimum atomic E-state index is -0.453. The van der Waals surface area contributed by atoms with E-state index in [1.807, 2.05) is 6.07 Å². The van der Waals surface area contributed by atoms with Crippen LogP contribution < -0.4 is 4.74 Å². The van der Waals surface area contributed by atoms with E-state index in [9.17, 15) is 4.39 Å². The van der Waals surface area contributed by atoms with Crippen LogP contribution in [0.2, 0.25) is 0 Å². The number of para-hydroxylation sites is 1. The van der Waals surface area contributed by atoms with E-state index in [4.69, 9.17) is 10.00 Å². The van der Waals surface area contributed by atoms with Crippen molar-refractivity contribution in [1.82, 2.24) is 9.97 Å². The summed E-state index contributed by atoms with van der Waals surface area (Å²) in [6, 6.07) is 12.0. The molecule has 1 aromatic heterocycles. The van der Waals surface area contributed by atoms with Crippen LogP contribution in [0, 0.1) is 17.1 Å². The van der Waals surface area contributed by atoms with Crippen molar-refractivity contribution in [2.45, 2.75) is 0 Å². The highest BCUT2D eigenvalue weighted by Gasteiger charge is 2.11. The summed E-state index contributed by atoms with van der Waals surface area (Å²) in [5.41, 5.74) is 2.42. The Morgan fingerprint density at radius 2 is 2.15 bits per heavy atom. The fourth-order valence-electron chi connectivity index (χ4n) is 2.07. The first kappa shape index (κ1) is 12.2. The van der Waals surface area contributed by atoms with Crippen molar-refractivity contribution in [3.8, 4) is 23.2 Å². The zero-order valence-corrected chi connectivity index (χ0v) is 10.6. The van der Waals surface area contributed by atoms with Crippen LogP contribution in [0.4, 0.5) is 4.39 Å². The van der Waals surface area contributed by atoms with E-state index in [2.05, 4.69) is 16.0 Å². The molecule has 0 spiro atoms. The normalized spacial score (nSPS) is 10.4. The summed E-state index contributed by atoms with van der Waals surface area (Å²) < 4.78 is 18.6. The fraction of sp³-hybridized carbons (Fsp3) is 0.0667. The monoisotopic (exact) mass is 267 g/mol. The first-order valence-corrected chi connectivity index (χ1v) is 5.95. The summed E-state index contributed by atoms with van der Waals surface area (Å²) in [6.07, 6.45) is 0. The predicted molar refractivity (Wildman–Crippen MR) is 72.8 cm³/mol. The Kier molecular flexibility index (Phi) is 2.84. The summed E-state index contributed by atoms with van der Waals surface area (Å²) in [6.45, 7) is 0. The second kappa shape index (κ2) is 4.67. The van der Waals surface area contributed by atoms with Crippen LogP contribution in [-0.2, 0) is 0 Å². The Bertz CT molecular complexity index is 833. The first-order chi connectivity index (χ1) is 9.72. The molecular weight excluding hydrogens is 257 g/mol. The Hall–Kier alpha value is -2.87. The molecule has 0 aliphatic rings. The number of nitrogens with zero attached hydrogens (tertiary/aromatic N) is 2. The summed E-state index contributed by atoms with van der Waals surface area (Å²) in [4.78, 5) is 7.45. The van der Waals surface area contributed by atoms with Gasteiger partial charge < -0.3 is 9.72 Å². The molecule has 1 N–H and O–H groups in total. The summed E-state index contributed by atoms with van der Waals surface area (Å²) in [5, 5.41) is 9.05. The van der Waals surface area contributed by atoms with Crippen molar-refractivity contribution in [2.24, 2.45) is 0 Å². The van der Waals surface area contributed by atoms with Crippen molar-refractivity contribution < 1.29 is 9.13 Å². The highest BCUT2D eigenvalue weighted by Crippen LogP contribution is 2.26. The summed E-state index contributed by atoms with van der Waals surface area (Å²) in [5.74, 6) is 0.248. The molecule has 0 radical (unpaired) electrons. The highest BCUT2D eigenvalue weighted by atomic mass is 19.1. The molecule has 0 saturated heterocycles. The number of halogens is 1. The van der Waals surface area contributed by atoms with Crippen molar-refractivity contribution in [2.75, 3.05) is 7.11 Å². The zero-order valence-electron chi connectivity index (χ0n) is 10.6. The van der Waals surface area contributed by atoms with Crippen LogP contribution in [0.1, 0.15) is 5.56 Å². The number of aromatic amines is 1. The molecule has 2 aromatic carbocycles. The van der Waals surface area contributed by atoms with Crippen LogP contribution in [0.3, 0.4) is 0 Å². The molecule has 0 fully saturated rings. The van der Waals surface area contributed by atoms with E-state index in [1.165, 1.54) is 13.2 Å². The third-order valence-corrected chi connectivity index (χ3v) is 3.06. The lowest BCUT2D eigenvalue weighted by Crippen LogP contribution is -1.89. The van der Waals surface area contributed by atoms with Crippen LogP contribution >= 0.6 is 0 Å². The van der Waals surface area contributed by atoms with E-state index in [-0.39, 0.29) is 5.75 Å². The lowest BCUT2D eigenvalue weighted by molar-refractivity contribution is 0.386. The number of ether oxygens (including phenoxy) is 1. The molecule has 3 rings (SSSR count). The number of nitriles is 1. The van der Waals surface area contributed by atoms with Crippen LogP contribution in [0.5, 0.6) is 5.75 Å². The molecular formula is C15H10FN3O. The van der Waals surface area contributed by atoms with Crippen LogP contribution in [0.25, 0.3) is 22.4 Å². The van der Waals surface area contributed by atoms with Gasteiger partial charge in [-0.3, -0.25) is 0 Å². The highest BCUT2D eigenvalue weighted by molar-refractivity contribution is 5.84. The molecule has 20 heavy (non-hydrogen) atoms. The average molecular weight is 267 g/mol. The third kappa shape index (κ3) is 1.88. The Balaban J connectivity index is 2.16. The van der Waals surface area contributed by atoms with Crippen LogP contribution in [-0.4, -0.2) is 17.1 Å². The van der Waals surface area contributed by atoms with Crippen molar-refractivity contribution in [3.05, 3.63) is 47.8 Å². The van der Waals surface area contributed by atoms with Crippen molar-refractivity contribution >= 4 is 11.0 Å². The maximum absolute atomic E-state index is 13.7. The topological polar surface area (TPSA) is 61.7 Å². The number of benzene rings is 2. The molecule has 98 valence electrons. The number of rotatable bonds is 2. The van der Waals surface area contributed by atoms with E-state index in [1.54, 1.807) is 24.3 Å². The second-order valence-corrected chi connectivity index (χ2v) is 4.25. The molecule has 4 nitrogen and oxygen atoms in total. The molecule has 0 unspecified atom stereocenters. The van der Waals surface area contributed by atoms with Gasteiger partial charge in [0.25, 0.3) is 0 Å². The molecule has 1 heterocycles. The maximum Gasteiger partial charge on any atom is 0.165 e. The van der Waals surface area contributed by atoms with Gasteiger partial charge >= 0.3 is 0 Å². The first-order valence-electron chi connectivity index (χ1n) is 5.95. The Labute approximate surface area is 114 Å². The molecule has 0 saturated carbocycles. The van der Waals surface area contributed by atoms with Gasteiger partial charge in [-0.05, 0) is 30.3 Å². The number of methoxy groups -OCH3 is 1. The van der Waals surface area contributed by atoms with Gasteiger partial charge in [-0.25, -0.2) is 9.37 Å². The Morgan fingerprint density at radius 3 is 2.85 bits per heavy atom. The minimum absolute atomic E-state index is 0.183. The molecule has 0 amide bonds. The van der Waals surface area contributed by atoms with Crippen LogP contribution in [0.15, 0.2) is 36.4 Å². The number of hydrogen-bond donors (Lipinski definition) is 1. The number of H-pyrrole nitrogens is 1. The van der Waals surface area contributed by atoms with Gasteiger partial charge in [-0.1, -0.05) is 6.07 Å². The quantitative estimate of drug-likeness (QED) is 0.775. The zero-order chi connectivity index (χ0) is 14.1. The van der Waals surface area contributed by atoms with E-state index < -0.39 is 5.82 Å². The largest absolute Gasteiger partial charge is 0.494 e. The standard InChI is InChI=1S/C15H10FN3O/c1-20-13-6-5-9(7-11(13)16)15-18-12-4-2-3-10(8-17)14(12)19-15/h2-7H,1H3,(H,18,19). The van der Waals surface area contributed by atoms with Gasteiger partial charge in [0.05, 0.1) is 18.2 Å². The number of imidazole rings is 1. The van der Waals surface area contributed by atoms with Gasteiger partial charge in [0, 0.05) is 5.56 Å². The van der Waals surface area contributed by atoms with Gasteiger partial charge in [0.2, 0.25) is 0 Å².